The van der Waals surface area contributed by atoms with E-state index in [-0.39, 0.29) is 0 Å². The fourth-order valence-electron chi connectivity index (χ4n) is 1.34. The van der Waals surface area contributed by atoms with Gasteiger partial charge in [-0.3, -0.25) is 0 Å². The van der Waals surface area contributed by atoms with Crippen LogP contribution in [0.5, 0.6) is 11.5 Å². The third-order valence-electron chi connectivity index (χ3n) is 2.17. The Morgan fingerprint density at radius 3 is 2.59 bits per heavy atom. The van der Waals surface area contributed by atoms with Gasteiger partial charge < -0.3 is 10.5 Å². The lowest BCUT2D eigenvalue weighted by Gasteiger charge is -2.07. The molecule has 0 bridgehead atoms. The molecule has 2 N–H and O–H groups in total. The standard InChI is InChI=1S/C13H9ClN2O/c14-12-7-11(4-5-13(12)16)17-10-3-1-2-9(6-10)8-15/h1-7H,16H2. The van der Waals surface area contributed by atoms with E-state index in [0.29, 0.717) is 27.8 Å². The molecule has 0 aliphatic rings. The van der Waals surface area contributed by atoms with Gasteiger partial charge in [-0.2, -0.15) is 5.26 Å². The van der Waals surface area contributed by atoms with Gasteiger partial charge in [0.2, 0.25) is 0 Å². The van der Waals surface area contributed by atoms with Gasteiger partial charge >= 0.3 is 0 Å². The van der Waals surface area contributed by atoms with E-state index in [0.717, 1.165) is 0 Å². The van der Waals surface area contributed by atoms with Crippen LogP contribution in [-0.4, -0.2) is 0 Å². The molecule has 0 fully saturated rings. The highest BCUT2D eigenvalue weighted by Crippen LogP contribution is 2.28. The number of anilines is 1. The van der Waals surface area contributed by atoms with Crippen LogP contribution in [0.3, 0.4) is 0 Å². The van der Waals surface area contributed by atoms with Crippen LogP contribution in [0.1, 0.15) is 5.56 Å². The Bertz CT molecular complexity index is 590. The molecule has 0 aromatic heterocycles. The summed E-state index contributed by atoms with van der Waals surface area (Å²) in [4.78, 5) is 0. The number of rotatable bonds is 2. The summed E-state index contributed by atoms with van der Waals surface area (Å²) in [5.41, 5.74) is 6.65. The maximum absolute atomic E-state index is 8.77. The topological polar surface area (TPSA) is 59.0 Å². The van der Waals surface area contributed by atoms with Crippen molar-refractivity contribution in [3.63, 3.8) is 0 Å². The molecule has 0 unspecified atom stereocenters. The number of benzene rings is 2. The lowest BCUT2D eigenvalue weighted by molar-refractivity contribution is 0.482. The first-order valence-corrected chi connectivity index (χ1v) is 5.30. The highest BCUT2D eigenvalue weighted by molar-refractivity contribution is 6.33. The lowest BCUT2D eigenvalue weighted by Crippen LogP contribution is -1.88. The molecule has 0 amide bonds. The van der Waals surface area contributed by atoms with Crippen LogP contribution in [0.25, 0.3) is 0 Å². The van der Waals surface area contributed by atoms with Gasteiger partial charge in [0.05, 0.1) is 22.3 Å². The minimum atomic E-state index is 0.443. The summed E-state index contributed by atoms with van der Waals surface area (Å²) < 4.78 is 5.57. The molecule has 17 heavy (non-hydrogen) atoms. The smallest absolute Gasteiger partial charge is 0.129 e. The summed E-state index contributed by atoms with van der Waals surface area (Å²) in [6, 6.07) is 14.0. The van der Waals surface area contributed by atoms with Crippen molar-refractivity contribution < 1.29 is 4.74 Å². The molecule has 0 saturated carbocycles. The number of nitrogen functional groups attached to an aromatic ring is 1. The highest BCUT2D eigenvalue weighted by Gasteiger charge is 2.01. The van der Waals surface area contributed by atoms with E-state index >= 15 is 0 Å². The third kappa shape index (κ3) is 2.68. The summed E-state index contributed by atoms with van der Waals surface area (Å²) in [5, 5.41) is 9.21. The Balaban J connectivity index is 2.25. The average Bonchev–Trinajstić information content (AvgIpc) is 2.34. The molecule has 0 radical (unpaired) electrons. The van der Waals surface area contributed by atoms with Gasteiger partial charge in [0.15, 0.2) is 0 Å². The first-order chi connectivity index (χ1) is 8.19. The maximum atomic E-state index is 8.77. The Hall–Kier alpha value is -2.18. The van der Waals surface area contributed by atoms with Crippen molar-refractivity contribution in [2.24, 2.45) is 0 Å². The number of hydrogen-bond donors (Lipinski definition) is 1. The van der Waals surface area contributed by atoms with Gasteiger partial charge in [0.1, 0.15) is 11.5 Å². The van der Waals surface area contributed by atoms with Crippen molar-refractivity contribution in [3.8, 4) is 17.6 Å². The number of nitrogens with zero attached hydrogens (tertiary/aromatic N) is 1. The number of hydrogen-bond acceptors (Lipinski definition) is 3. The molecule has 3 nitrogen and oxygen atoms in total. The minimum absolute atomic E-state index is 0.443. The predicted octanol–water partition coefficient (Wildman–Crippen LogP) is 3.59. The zero-order valence-corrected chi connectivity index (χ0v) is 9.61. The largest absolute Gasteiger partial charge is 0.457 e. The number of nitriles is 1. The van der Waals surface area contributed by atoms with Crippen molar-refractivity contribution >= 4 is 17.3 Å². The van der Waals surface area contributed by atoms with E-state index in [4.69, 9.17) is 27.3 Å². The van der Waals surface area contributed by atoms with Gasteiger partial charge in [-0.1, -0.05) is 17.7 Å². The molecule has 4 heteroatoms. The molecule has 0 atom stereocenters. The zero-order chi connectivity index (χ0) is 12.3. The molecule has 2 rings (SSSR count). The van der Waals surface area contributed by atoms with E-state index in [1.54, 1.807) is 42.5 Å². The van der Waals surface area contributed by atoms with Crippen LogP contribution in [0.4, 0.5) is 5.69 Å². The van der Waals surface area contributed by atoms with Crippen LogP contribution in [0.15, 0.2) is 42.5 Å². The second kappa shape index (κ2) is 4.77. The van der Waals surface area contributed by atoms with E-state index in [9.17, 15) is 0 Å². The van der Waals surface area contributed by atoms with Gasteiger partial charge in [-0.05, 0) is 30.3 Å². The Kier molecular flexibility index (Phi) is 3.17. The summed E-state index contributed by atoms with van der Waals surface area (Å²) in [6.07, 6.45) is 0. The molecule has 84 valence electrons. The molecule has 0 saturated heterocycles. The van der Waals surface area contributed by atoms with Crippen molar-refractivity contribution in [2.45, 2.75) is 0 Å². The van der Waals surface area contributed by atoms with E-state index in [1.165, 1.54) is 0 Å². The summed E-state index contributed by atoms with van der Waals surface area (Å²) in [7, 11) is 0. The minimum Gasteiger partial charge on any atom is -0.457 e. The second-order valence-electron chi connectivity index (χ2n) is 3.43. The van der Waals surface area contributed by atoms with Crippen LogP contribution in [0.2, 0.25) is 5.02 Å². The highest BCUT2D eigenvalue weighted by atomic mass is 35.5. The van der Waals surface area contributed by atoms with Crippen LogP contribution in [-0.2, 0) is 0 Å². The van der Waals surface area contributed by atoms with Gasteiger partial charge in [-0.15, -0.1) is 0 Å². The molecule has 0 aliphatic heterocycles. The summed E-state index contributed by atoms with van der Waals surface area (Å²) in [6.45, 7) is 0. The normalized spacial score (nSPS) is 9.65. The van der Waals surface area contributed by atoms with Gasteiger partial charge in [-0.25, -0.2) is 0 Å². The van der Waals surface area contributed by atoms with Gasteiger partial charge in [0, 0.05) is 6.07 Å². The van der Waals surface area contributed by atoms with Crippen LogP contribution < -0.4 is 10.5 Å². The number of nitrogens with two attached hydrogens (primary N) is 1. The quantitative estimate of drug-likeness (QED) is 0.822. The number of ether oxygens (including phenoxy) is 1. The summed E-state index contributed by atoms with van der Waals surface area (Å²) >= 11 is 5.88. The molecule has 0 spiro atoms. The first-order valence-electron chi connectivity index (χ1n) is 4.92. The monoisotopic (exact) mass is 244 g/mol. The second-order valence-corrected chi connectivity index (χ2v) is 3.83. The third-order valence-corrected chi connectivity index (χ3v) is 2.50. The van der Waals surface area contributed by atoms with Crippen molar-refractivity contribution in [1.82, 2.24) is 0 Å². The molecule has 2 aromatic carbocycles. The predicted molar refractivity (Wildman–Crippen MR) is 67.1 cm³/mol. The molecule has 2 aromatic rings. The SMILES string of the molecule is N#Cc1cccc(Oc2ccc(N)c(Cl)c2)c1. The average molecular weight is 245 g/mol. The van der Waals surface area contributed by atoms with Crippen LogP contribution >= 0.6 is 11.6 Å². The summed E-state index contributed by atoms with van der Waals surface area (Å²) in [5.74, 6) is 1.17. The molecular formula is C13H9ClN2O. The zero-order valence-electron chi connectivity index (χ0n) is 8.85. The lowest BCUT2D eigenvalue weighted by atomic mass is 10.2. The van der Waals surface area contributed by atoms with Crippen LogP contribution in [0, 0.1) is 11.3 Å². The van der Waals surface area contributed by atoms with Crippen molar-refractivity contribution in [1.29, 1.82) is 5.26 Å². The molecular weight excluding hydrogens is 236 g/mol. The van der Waals surface area contributed by atoms with Gasteiger partial charge in [0.25, 0.3) is 0 Å². The van der Waals surface area contributed by atoms with Crippen molar-refractivity contribution in [2.75, 3.05) is 5.73 Å². The maximum Gasteiger partial charge on any atom is 0.129 e. The Morgan fingerprint density at radius 2 is 1.88 bits per heavy atom. The molecule has 0 aliphatic carbocycles. The fourth-order valence-corrected chi connectivity index (χ4v) is 1.51. The molecule has 0 heterocycles. The van der Waals surface area contributed by atoms with E-state index in [2.05, 4.69) is 0 Å². The van der Waals surface area contributed by atoms with E-state index in [1.807, 2.05) is 6.07 Å². The Labute approximate surface area is 104 Å². The van der Waals surface area contributed by atoms with E-state index < -0.39 is 0 Å². The number of halogens is 1. The first kappa shape index (κ1) is 11.3. The fraction of sp³-hybridized carbons (Fsp3) is 0. The van der Waals surface area contributed by atoms with Crippen molar-refractivity contribution in [3.05, 3.63) is 53.1 Å². The Morgan fingerprint density at radius 1 is 1.12 bits per heavy atom.